The van der Waals surface area contributed by atoms with Gasteiger partial charge in [-0.1, -0.05) is 0 Å². The monoisotopic (exact) mass is 258 g/mol. The van der Waals surface area contributed by atoms with Gasteiger partial charge in [-0.3, -0.25) is 4.79 Å². The van der Waals surface area contributed by atoms with E-state index in [1.54, 1.807) is 0 Å². The van der Waals surface area contributed by atoms with Crippen LogP contribution >= 0.6 is 0 Å². The first kappa shape index (κ1) is 14.0. The summed E-state index contributed by atoms with van der Waals surface area (Å²) in [5.74, 6) is -1.95. The average molecular weight is 258 g/mol. The van der Waals surface area contributed by atoms with Gasteiger partial charge in [0, 0.05) is 7.11 Å². The van der Waals surface area contributed by atoms with E-state index < -0.39 is 17.4 Å². The lowest BCUT2D eigenvalue weighted by atomic mass is 10.0. The summed E-state index contributed by atoms with van der Waals surface area (Å²) in [5.41, 5.74) is -1.55. The van der Waals surface area contributed by atoms with E-state index in [2.05, 4.69) is 10.5 Å². The van der Waals surface area contributed by atoms with Crippen LogP contribution in [0.5, 0.6) is 5.88 Å². The summed E-state index contributed by atoms with van der Waals surface area (Å²) in [4.78, 5) is 22.8. The minimum atomic E-state index is -1.55. The van der Waals surface area contributed by atoms with E-state index in [1.807, 2.05) is 0 Å². The highest BCUT2D eigenvalue weighted by Crippen LogP contribution is 2.12. The molecule has 2 N–H and O–H groups in total. The van der Waals surface area contributed by atoms with E-state index in [0.29, 0.717) is 0 Å². The smallest absolute Gasteiger partial charge is 0.331 e. The third-order valence-electron chi connectivity index (χ3n) is 2.22. The summed E-state index contributed by atoms with van der Waals surface area (Å²) in [7, 11) is 2.71. The fourth-order valence-electron chi connectivity index (χ4n) is 1.21. The van der Waals surface area contributed by atoms with E-state index in [0.717, 1.165) is 0 Å². The van der Waals surface area contributed by atoms with Crippen molar-refractivity contribution in [2.75, 3.05) is 20.8 Å². The van der Waals surface area contributed by atoms with Crippen LogP contribution in [0.1, 0.15) is 17.5 Å². The van der Waals surface area contributed by atoms with Crippen LogP contribution < -0.4 is 10.1 Å². The maximum absolute atomic E-state index is 11.7. The van der Waals surface area contributed by atoms with Gasteiger partial charge in [0.25, 0.3) is 11.8 Å². The number of nitrogens with zero attached hydrogens (tertiary/aromatic N) is 1. The molecule has 1 aromatic rings. The number of nitrogens with one attached hydrogen (secondary N) is 1. The molecule has 8 heteroatoms. The van der Waals surface area contributed by atoms with Crippen molar-refractivity contribution in [1.82, 2.24) is 10.5 Å². The lowest BCUT2D eigenvalue weighted by molar-refractivity contribution is -0.145. The first-order valence-electron chi connectivity index (χ1n) is 4.98. The Bertz CT molecular complexity index is 443. The molecule has 0 radical (unpaired) electrons. The van der Waals surface area contributed by atoms with Crippen molar-refractivity contribution in [3.05, 3.63) is 11.8 Å². The fraction of sp³-hybridized carbons (Fsp3) is 0.500. The second kappa shape index (κ2) is 5.50. The predicted octanol–water partition coefficient (Wildman–Crippen LogP) is -0.0973. The zero-order valence-electron chi connectivity index (χ0n) is 10.2. The molecule has 0 saturated carbocycles. The molecule has 1 atom stereocenters. The van der Waals surface area contributed by atoms with Crippen LogP contribution in [0.3, 0.4) is 0 Å². The second-order valence-corrected chi connectivity index (χ2v) is 3.76. The number of aromatic nitrogens is 1. The molecule has 0 aliphatic heterocycles. The summed E-state index contributed by atoms with van der Waals surface area (Å²) >= 11 is 0. The Morgan fingerprint density at radius 2 is 2.22 bits per heavy atom. The normalized spacial score (nSPS) is 13.7. The van der Waals surface area contributed by atoms with Crippen LogP contribution in [0.25, 0.3) is 0 Å². The molecule has 0 aliphatic carbocycles. The number of hydrogen-bond donors (Lipinski definition) is 2. The number of aliphatic carboxylic acids is 1. The second-order valence-electron chi connectivity index (χ2n) is 3.76. The SMILES string of the molecule is COCC(C)(NC(=O)c1cc(OC)no1)C(=O)O. The Labute approximate surface area is 103 Å². The molecule has 0 bridgehead atoms. The highest BCUT2D eigenvalue weighted by Gasteiger charge is 2.36. The molecule has 1 unspecified atom stereocenters. The molecular weight excluding hydrogens is 244 g/mol. The minimum absolute atomic E-state index is 0.129. The number of carboxylic acid groups (broad SMARTS) is 1. The van der Waals surface area contributed by atoms with Crippen LogP contribution in [-0.4, -0.2) is 48.5 Å². The Hall–Kier alpha value is -2.09. The van der Waals surface area contributed by atoms with Crippen LogP contribution in [-0.2, 0) is 9.53 Å². The van der Waals surface area contributed by atoms with Crippen molar-refractivity contribution in [3.8, 4) is 5.88 Å². The molecule has 100 valence electrons. The lowest BCUT2D eigenvalue weighted by Gasteiger charge is -2.24. The highest BCUT2D eigenvalue weighted by molar-refractivity contribution is 5.95. The molecule has 0 spiro atoms. The van der Waals surface area contributed by atoms with Gasteiger partial charge in [0.2, 0.25) is 5.76 Å². The molecule has 1 heterocycles. The number of amides is 1. The fourth-order valence-corrected chi connectivity index (χ4v) is 1.21. The van der Waals surface area contributed by atoms with Crippen LogP contribution in [0.15, 0.2) is 10.6 Å². The minimum Gasteiger partial charge on any atom is -0.479 e. The molecule has 1 aromatic heterocycles. The molecule has 0 saturated heterocycles. The Morgan fingerprint density at radius 3 is 2.67 bits per heavy atom. The van der Waals surface area contributed by atoms with Crippen LogP contribution in [0, 0.1) is 0 Å². The molecule has 8 nitrogen and oxygen atoms in total. The predicted molar refractivity (Wildman–Crippen MR) is 58.4 cm³/mol. The maximum Gasteiger partial charge on any atom is 0.331 e. The molecule has 1 rings (SSSR count). The van der Waals surface area contributed by atoms with Crippen molar-refractivity contribution in [3.63, 3.8) is 0 Å². The lowest BCUT2D eigenvalue weighted by Crippen LogP contribution is -2.55. The van der Waals surface area contributed by atoms with E-state index >= 15 is 0 Å². The van der Waals surface area contributed by atoms with Gasteiger partial charge in [0.15, 0.2) is 5.54 Å². The van der Waals surface area contributed by atoms with Gasteiger partial charge < -0.3 is 24.4 Å². The van der Waals surface area contributed by atoms with Crippen LogP contribution in [0.2, 0.25) is 0 Å². The van der Waals surface area contributed by atoms with E-state index in [9.17, 15) is 9.59 Å². The number of carbonyl (C=O) groups is 2. The number of carbonyl (C=O) groups excluding carboxylic acids is 1. The zero-order chi connectivity index (χ0) is 13.8. The third-order valence-corrected chi connectivity index (χ3v) is 2.22. The van der Waals surface area contributed by atoms with Gasteiger partial charge >= 0.3 is 5.97 Å². The summed E-state index contributed by atoms with van der Waals surface area (Å²) in [6.45, 7) is 1.14. The van der Waals surface area contributed by atoms with Gasteiger partial charge in [-0.05, 0) is 12.1 Å². The molecule has 0 aliphatic rings. The summed E-state index contributed by atoms with van der Waals surface area (Å²) < 4.78 is 14.2. The molecule has 1 amide bonds. The Morgan fingerprint density at radius 1 is 1.56 bits per heavy atom. The number of methoxy groups -OCH3 is 2. The maximum atomic E-state index is 11.7. The van der Waals surface area contributed by atoms with Gasteiger partial charge in [-0.15, -0.1) is 0 Å². The van der Waals surface area contributed by atoms with Crippen molar-refractivity contribution >= 4 is 11.9 Å². The number of rotatable bonds is 6. The van der Waals surface area contributed by atoms with E-state index in [-0.39, 0.29) is 18.2 Å². The quantitative estimate of drug-likeness (QED) is 0.733. The van der Waals surface area contributed by atoms with Crippen molar-refractivity contribution in [2.24, 2.45) is 0 Å². The standard InChI is InChI=1S/C10H14N2O6/c1-10(5-16-2,9(14)15)11-8(13)6-4-7(17-3)12-18-6/h4H,5H2,1-3H3,(H,11,13)(H,14,15). The molecular formula is C10H14N2O6. The summed E-state index contributed by atoms with van der Waals surface area (Å²) in [6, 6.07) is 1.25. The topological polar surface area (TPSA) is 111 Å². The molecule has 0 aromatic carbocycles. The van der Waals surface area contributed by atoms with E-state index in [1.165, 1.54) is 27.2 Å². The highest BCUT2D eigenvalue weighted by atomic mass is 16.5. The third kappa shape index (κ3) is 2.98. The zero-order valence-corrected chi connectivity index (χ0v) is 10.2. The Balaban J connectivity index is 2.81. The van der Waals surface area contributed by atoms with Gasteiger partial charge in [0.05, 0.1) is 19.8 Å². The van der Waals surface area contributed by atoms with Crippen molar-refractivity contribution in [2.45, 2.75) is 12.5 Å². The largest absolute Gasteiger partial charge is 0.479 e. The summed E-state index contributed by atoms with van der Waals surface area (Å²) in [5, 5.41) is 14.8. The number of carboxylic acids is 1. The number of ether oxygens (including phenoxy) is 2. The Kier molecular flexibility index (Phi) is 4.27. The van der Waals surface area contributed by atoms with Crippen molar-refractivity contribution in [1.29, 1.82) is 0 Å². The van der Waals surface area contributed by atoms with Crippen LogP contribution in [0.4, 0.5) is 0 Å². The first-order valence-corrected chi connectivity index (χ1v) is 4.98. The molecule has 18 heavy (non-hydrogen) atoms. The van der Waals surface area contributed by atoms with Gasteiger partial charge in [-0.2, -0.15) is 0 Å². The first-order chi connectivity index (χ1) is 8.42. The van der Waals surface area contributed by atoms with Gasteiger partial charge in [0.1, 0.15) is 0 Å². The molecule has 0 fully saturated rings. The van der Waals surface area contributed by atoms with E-state index in [4.69, 9.17) is 19.1 Å². The average Bonchev–Trinajstić information content (AvgIpc) is 2.77. The summed E-state index contributed by atoms with van der Waals surface area (Å²) in [6.07, 6.45) is 0. The number of hydrogen-bond acceptors (Lipinski definition) is 6. The van der Waals surface area contributed by atoms with Gasteiger partial charge in [-0.25, -0.2) is 4.79 Å². The van der Waals surface area contributed by atoms with Crippen molar-refractivity contribution < 1.29 is 28.7 Å².